The lowest BCUT2D eigenvalue weighted by atomic mass is 10.2. The largest absolute Gasteiger partial charge is 0.458 e. The van der Waals surface area contributed by atoms with Crippen molar-refractivity contribution in [3.8, 4) is 0 Å². The number of halogens is 2. The van der Waals surface area contributed by atoms with Crippen LogP contribution in [0.4, 0.5) is 0 Å². The third-order valence-corrected chi connectivity index (χ3v) is 3.41. The van der Waals surface area contributed by atoms with E-state index in [9.17, 15) is 0 Å². The highest BCUT2D eigenvalue weighted by Gasteiger charge is 2.12. The zero-order valence-electron chi connectivity index (χ0n) is 8.26. The summed E-state index contributed by atoms with van der Waals surface area (Å²) in [6, 6.07) is 5.96. The molecule has 0 spiro atoms. The number of rotatable bonds is 2. The summed E-state index contributed by atoms with van der Waals surface area (Å²) in [5.74, 6) is 0.839. The van der Waals surface area contributed by atoms with Crippen molar-refractivity contribution in [2.24, 2.45) is 5.73 Å². The molecule has 15 heavy (non-hydrogen) atoms. The number of nitrogens with two attached hydrogens (primary N) is 1. The van der Waals surface area contributed by atoms with Gasteiger partial charge in [0.05, 0.1) is 10.5 Å². The normalized spacial score (nSPS) is 13.3. The summed E-state index contributed by atoms with van der Waals surface area (Å²) in [4.78, 5) is 0. The fraction of sp³-hybridized carbons (Fsp3) is 0.273. The smallest absolute Gasteiger partial charge is 0.148 e. The molecule has 0 bridgehead atoms. The Balaban J connectivity index is 2.60. The van der Waals surface area contributed by atoms with Gasteiger partial charge in [0.2, 0.25) is 0 Å². The van der Waals surface area contributed by atoms with Gasteiger partial charge in [-0.15, -0.1) is 0 Å². The minimum Gasteiger partial charge on any atom is -0.458 e. The Kier molecular flexibility index (Phi) is 3.19. The van der Waals surface area contributed by atoms with Gasteiger partial charge in [-0.1, -0.05) is 22.9 Å². The van der Waals surface area contributed by atoms with Gasteiger partial charge in [-0.05, 0) is 40.5 Å². The van der Waals surface area contributed by atoms with E-state index in [1.807, 2.05) is 25.1 Å². The molecule has 2 nitrogen and oxygen atoms in total. The molecule has 1 aromatic heterocycles. The molecule has 4 heteroatoms. The molecule has 0 saturated carbocycles. The Morgan fingerprint density at radius 3 is 2.73 bits per heavy atom. The van der Waals surface area contributed by atoms with Gasteiger partial charge < -0.3 is 10.2 Å². The van der Waals surface area contributed by atoms with Crippen LogP contribution in [-0.2, 0) is 0 Å². The first-order chi connectivity index (χ1) is 7.11. The molecule has 0 saturated heterocycles. The highest BCUT2D eigenvalue weighted by molar-refractivity contribution is 9.11. The first kappa shape index (κ1) is 11.2. The molecule has 0 aliphatic carbocycles. The van der Waals surface area contributed by atoms with Crippen molar-refractivity contribution in [3.05, 3.63) is 32.9 Å². The van der Waals surface area contributed by atoms with E-state index in [1.165, 1.54) is 0 Å². The van der Waals surface area contributed by atoms with Crippen LogP contribution >= 0.6 is 31.9 Å². The van der Waals surface area contributed by atoms with Gasteiger partial charge in [-0.3, -0.25) is 0 Å². The molecule has 1 heterocycles. The Morgan fingerprint density at radius 2 is 2.07 bits per heavy atom. The van der Waals surface area contributed by atoms with E-state index in [4.69, 9.17) is 10.2 Å². The molecule has 0 fully saturated rings. The Bertz CT molecular complexity index is 493. The van der Waals surface area contributed by atoms with Gasteiger partial charge in [0.1, 0.15) is 11.3 Å². The standard InChI is InChI=1S/C11H11Br2NO/c1-2-9(14)10-4-6-3-7(12)5-8(13)11(6)15-10/h3-5,9H,2,14H2,1H3. The van der Waals surface area contributed by atoms with Gasteiger partial charge in [0.15, 0.2) is 0 Å². The first-order valence-electron chi connectivity index (χ1n) is 4.76. The summed E-state index contributed by atoms with van der Waals surface area (Å²) >= 11 is 6.91. The first-order valence-corrected chi connectivity index (χ1v) is 6.34. The zero-order valence-corrected chi connectivity index (χ0v) is 11.4. The van der Waals surface area contributed by atoms with Crippen LogP contribution in [0.2, 0.25) is 0 Å². The zero-order chi connectivity index (χ0) is 11.0. The highest BCUT2D eigenvalue weighted by Crippen LogP contribution is 2.32. The highest BCUT2D eigenvalue weighted by atomic mass is 79.9. The number of hydrogen-bond acceptors (Lipinski definition) is 2. The minimum absolute atomic E-state index is 0.0249. The Morgan fingerprint density at radius 1 is 1.33 bits per heavy atom. The van der Waals surface area contributed by atoms with Crippen molar-refractivity contribution < 1.29 is 4.42 Å². The maximum Gasteiger partial charge on any atom is 0.148 e. The lowest BCUT2D eigenvalue weighted by Gasteiger charge is -2.02. The molecular formula is C11H11Br2NO. The molecule has 2 aromatic rings. The molecule has 1 atom stereocenters. The number of hydrogen-bond donors (Lipinski definition) is 1. The summed E-state index contributed by atoms with van der Waals surface area (Å²) in [7, 11) is 0. The molecule has 0 radical (unpaired) electrons. The van der Waals surface area contributed by atoms with E-state index in [-0.39, 0.29) is 6.04 Å². The average Bonchev–Trinajstić information content (AvgIpc) is 2.60. The average molecular weight is 333 g/mol. The Hall–Kier alpha value is -0.320. The maximum atomic E-state index is 5.93. The molecule has 0 amide bonds. The lowest BCUT2D eigenvalue weighted by Crippen LogP contribution is -2.06. The molecule has 0 aliphatic heterocycles. The van der Waals surface area contributed by atoms with E-state index < -0.39 is 0 Å². The molecule has 2 N–H and O–H groups in total. The van der Waals surface area contributed by atoms with Crippen LogP contribution in [0.15, 0.2) is 31.6 Å². The summed E-state index contributed by atoms with van der Waals surface area (Å²) in [5, 5.41) is 1.06. The van der Waals surface area contributed by atoms with E-state index in [0.29, 0.717) is 0 Å². The molecule has 2 rings (SSSR count). The van der Waals surface area contributed by atoms with Gasteiger partial charge in [0.25, 0.3) is 0 Å². The van der Waals surface area contributed by atoms with Crippen LogP contribution in [0.1, 0.15) is 25.1 Å². The molecule has 0 aliphatic rings. The van der Waals surface area contributed by atoms with Crippen molar-refractivity contribution in [2.45, 2.75) is 19.4 Å². The van der Waals surface area contributed by atoms with Crippen molar-refractivity contribution in [1.82, 2.24) is 0 Å². The van der Waals surface area contributed by atoms with Crippen LogP contribution in [0.3, 0.4) is 0 Å². The summed E-state index contributed by atoms with van der Waals surface area (Å²) in [5.41, 5.74) is 6.78. The van der Waals surface area contributed by atoms with Gasteiger partial charge in [0, 0.05) is 9.86 Å². The topological polar surface area (TPSA) is 39.2 Å². The second kappa shape index (κ2) is 4.28. The van der Waals surface area contributed by atoms with Crippen LogP contribution in [0.25, 0.3) is 11.0 Å². The van der Waals surface area contributed by atoms with Gasteiger partial charge >= 0.3 is 0 Å². The monoisotopic (exact) mass is 331 g/mol. The van der Waals surface area contributed by atoms with Gasteiger partial charge in [-0.2, -0.15) is 0 Å². The lowest BCUT2D eigenvalue weighted by molar-refractivity contribution is 0.487. The SMILES string of the molecule is CCC(N)c1cc2cc(Br)cc(Br)c2o1. The fourth-order valence-electron chi connectivity index (χ4n) is 1.48. The third-order valence-electron chi connectivity index (χ3n) is 2.36. The predicted molar refractivity (Wildman–Crippen MR) is 68.8 cm³/mol. The van der Waals surface area contributed by atoms with Crippen LogP contribution in [0.5, 0.6) is 0 Å². The van der Waals surface area contributed by atoms with Crippen LogP contribution in [-0.4, -0.2) is 0 Å². The third kappa shape index (κ3) is 2.12. The van der Waals surface area contributed by atoms with E-state index in [0.717, 1.165) is 32.1 Å². The molecule has 1 aromatic carbocycles. The summed E-state index contributed by atoms with van der Waals surface area (Å²) in [6.45, 7) is 2.04. The predicted octanol–water partition coefficient (Wildman–Crippen LogP) is 4.37. The number of furan rings is 1. The molecular weight excluding hydrogens is 322 g/mol. The van der Waals surface area contributed by atoms with Gasteiger partial charge in [-0.25, -0.2) is 0 Å². The number of benzene rings is 1. The second-order valence-electron chi connectivity index (χ2n) is 3.47. The fourth-order valence-corrected chi connectivity index (χ4v) is 2.82. The van der Waals surface area contributed by atoms with Crippen molar-refractivity contribution in [2.75, 3.05) is 0 Å². The minimum atomic E-state index is -0.0249. The van der Waals surface area contributed by atoms with Crippen molar-refractivity contribution >= 4 is 42.8 Å². The van der Waals surface area contributed by atoms with Crippen molar-refractivity contribution in [3.63, 3.8) is 0 Å². The summed E-state index contributed by atoms with van der Waals surface area (Å²) in [6.07, 6.45) is 0.874. The van der Waals surface area contributed by atoms with Crippen LogP contribution in [0, 0.1) is 0 Å². The van der Waals surface area contributed by atoms with E-state index in [2.05, 4.69) is 31.9 Å². The van der Waals surface area contributed by atoms with Crippen molar-refractivity contribution in [1.29, 1.82) is 0 Å². The quantitative estimate of drug-likeness (QED) is 0.887. The summed E-state index contributed by atoms with van der Waals surface area (Å²) < 4.78 is 7.69. The molecule has 1 unspecified atom stereocenters. The number of fused-ring (bicyclic) bond motifs is 1. The maximum absolute atomic E-state index is 5.93. The van der Waals surface area contributed by atoms with E-state index >= 15 is 0 Å². The second-order valence-corrected chi connectivity index (χ2v) is 5.24. The van der Waals surface area contributed by atoms with Crippen LogP contribution < -0.4 is 5.73 Å². The molecule has 80 valence electrons. The Labute approximate surface area is 105 Å². The van der Waals surface area contributed by atoms with E-state index in [1.54, 1.807) is 0 Å².